The number of ether oxygens (including phenoxy) is 2. The third kappa shape index (κ3) is 4.68. The van der Waals surface area contributed by atoms with Gasteiger partial charge in [-0.2, -0.15) is 0 Å². The van der Waals surface area contributed by atoms with Gasteiger partial charge in [-0.3, -0.25) is 0 Å². The number of hydrogen-bond donors (Lipinski definition) is 1. The molecule has 0 spiro atoms. The van der Waals surface area contributed by atoms with E-state index in [1.807, 2.05) is 25.1 Å². The summed E-state index contributed by atoms with van der Waals surface area (Å²) in [5.74, 6) is 1.34. The van der Waals surface area contributed by atoms with Crippen LogP contribution < -0.4 is 14.8 Å². The Morgan fingerprint density at radius 2 is 1.95 bits per heavy atom. The molecule has 0 fully saturated rings. The highest BCUT2D eigenvalue weighted by Crippen LogP contribution is 2.33. The van der Waals surface area contributed by atoms with Crippen LogP contribution >= 0.6 is 11.3 Å². The molecule has 2 aromatic rings. The van der Waals surface area contributed by atoms with Crippen molar-refractivity contribution in [2.45, 2.75) is 39.8 Å². The Hall–Kier alpha value is -1.66. The fourth-order valence-electron chi connectivity index (χ4n) is 1.64. The quantitative estimate of drug-likeness (QED) is 0.915. The minimum absolute atomic E-state index is 0.0485. The highest BCUT2D eigenvalue weighted by atomic mass is 32.1. The van der Waals surface area contributed by atoms with Crippen LogP contribution in [0.15, 0.2) is 18.2 Å². The molecule has 114 valence electrons. The van der Waals surface area contributed by atoms with Crippen LogP contribution in [0, 0.1) is 6.92 Å². The number of nitrogens with one attached hydrogen (secondary N) is 1. The third-order valence-electron chi connectivity index (χ3n) is 2.73. The lowest BCUT2D eigenvalue weighted by Gasteiger charge is -2.19. The van der Waals surface area contributed by atoms with Crippen molar-refractivity contribution >= 4 is 11.3 Å². The van der Waals surface area contributed by atoms with Crippen molar-refractivity contribution in [3.05, 3.63) is 28.8 Å². The van der Waals surface area contributed by atoms with E-state index in [0.717, 1.165) is 10.6 Å². The summed E-state index contributed by atoms with van der Waals surface area (Å²) in [4.78, 5) is 0. The van der Waals surface area contributed by atoms with Crippen LogP contribution in [-0.4, -0.2) is 22.8 Å². The molecule has 5 nitrogen and oxygen atoms in total. The van der Waals surface area contributed by atoms with Gasteiger partial charge in [0.15, 0.2) is 11.5 Å². The minimum Gasteiger partial charge on any atom is -0.493 e. The van der Waals surface area contributed by atoms with Crippen molar-refractivity contribution in [2.75, 3.05) is 7.11 Å². The molecule has 0 bridgehead atoms. The normalized spacial score (nSPS) is 11.5. The predicted octanol–water partition coefficient (Wildman–Crippen LogP) is 3.54. The molecule has 6 heteroatoms. The molecular formula is C15H21N3O2S. The Balaban J connectivity index is 2.06. The molecular weight excluding hydrogens is 286 g/mol. The lowest BCUT2D eigenvalue weighted by atomic mass is 10.1. The van der Waals surface area contributed by atoms with Crippen molar-refractivity contribution in [1.82, 2.24) is 15.5 Å². The van der Waals surface area contributed by atoms with Gasteiger partial charge in [0.05, 0.1) is 13.7 Å². The Morgan fingerprint density at radius 1 is 1.19 bits per heavy atom. The molecule has 1 aromatic carbocycles. The number of nitrogens with zero attached hydrogens (tertiary/aromatic N) is 2. The van der Waals surface area contributed by atoms with Crippen molar-refractivity contribution in [3.63, 3.8) is 0 Å². The van der Waals surface area contributed by atoms with E-state index in [1.54, 1.807) is 7.11 Å². The van der Waals surface area contributed by atoms with Crippen LogP contribution in [0.3, 0.4) is 0 Å². The van der Waals surface area contributed by atoms with Crippen molar-refractivity contribution in [2.24, 2.45) is 0 Å². The second kappa shape index (κ2) is 6.41. The van der Waals surface area contributed by atoms with E-state index in [1.165, 1.54) is 11.3 Å². The van der Waals surface area contributed by atoms with Gasteiger partial charge in [0, 0.05) is 5.54 Å². The van der Waals surface area contributed by atoms with Gasteiger partial charge in [-0.05, 0) is 45.4 Å². The zero-order valence-corrected chi connectivity index (χ0v) is 13.9. The summed E-state index contributed by atoms with van der Waals surface area (Å²) in [6.07, 6.45) is 0. The molecule has 0 atom stereocenters. The Morgan fingerprint density at radius 3 is 2.62 bits per heavy atom. The largest absolute Gasteiger partial charge is 0.493 e. The molecule has 0 aliphatic carbocycles. The highest BCUT2D eigenvalue weighted by molar-refractivity contribution is 7.13. The third-order valence-corrected chi connectivity index (χ3v) is 3.54. The summed E-state index contributed by atoms with van der Waals surface area (Å²) in [7, 11) is 1.63. The molecule has 1 heterocycles. The average molecular weight is 307 g/mol. The summed E-state index contributed by atoms with van der Waals surface area (Å²) in [5.41, 5.74) is 1.17. The Kier molecular flexibility index (Phi) is 4.80. The molecule has 21 heavy (non-hydrogen) atoms. The number of hydrogen-bond acceptors (Lipinski definition) is 6. The molecule has 0 radical (unpaired) electrons. The standard InChI is InChI=1S/C15H21N3O2S/c1-10-6-7-11(12(8-10)19-5)20-14-18-17-13(21-14)9-16-15(2,3)4/h6-8,16H,9H2,1-5H3. The first kappa shape index (κ1) is 15.7. The molecule has 0 saturated carbocycles. The molecule has 0 aliphatic heterocycles. The molecule has 1 aromatic heterocycles. The van der Waals surface area contributed by atoms with Crippen molar-refractivity contribution in [1.29, 1.82) is 0 Å². The van der Waals surface area contributed by atoms with E-state index < -0.39 is 0 Å². The Labute approximate surface area is 129 Å². The van der Waals surface area contributed by atoms with Crippen LogP contribution in [0.1, 0.15) is 31.3 Å². The smallest absolute Gasteiger partial charge is 0.299 e. The fourth-order valence-corrected chi connectivity index (χ4v) is 2.29. The second-order valence-electron chi connectivity index (χ2n) is 5.82. The average Bonchev–Trinajstić information content (AvgIpc) is 2.85. The number of methoxy groups -OCH3 is 1. The molecule has 2 rings (SSSR count). The molecule has 0 aliphatic rings. The maximum atomic E-state index is 5.76. The van der Waals surface area contributed by atoms with Crippen LogP contribution in [0.5, 0.6) is 16.7 Å². The van der Waals surface area contributed by atoms with E-state index in [-0.39, 0.29) is 5.54 Å². The topological polar surface area (TPSA) is 56.3 Å². The maximum Gasteiger partial charge on any atom is 0.299 e. The number of benzene rings is 1. The molecule has 0 amide bonds. The predicted molar refractivity (Wildman–Crippen MR) is 84.3 cm³/mol. The van der Waals surface area contributed by atoms with E-state index in [0.29, 0.717) is 23.2 Å². The Bertz CT molecular complexity index is 605. The second-order valence-corrected chi connectivity index (χ2v) is 6.85. The van der Waals surface area contributed by atoms with E-state index in [4.69, 9.17) is 9.47 Å². The zero-order valence-electron chi connectivity index (χ0n) is 13.1. The minimum atomic E-state index is 0.0485. The van der Waals surface area contributed by atoms with Gasteiger partial charge in [0.2, 0.25) is 0 Å². The number of rotatable bonds is 5. The lowest BCUT2D eigenvalue weighted by Crippen LogP contribution is -2.35. The fraction of sp³-hybridized carbons (Fsp3) is 0.467. The van der Waals surface area contributed by atoms with Gasteiger partial charge < -0.3 is 14.8 Å². The van der Waals surface area contributed by atoms with E-state index in [9.17, 15) is 0 Å². The van der Waals surface area contributed by atoms with Gasteiger partial charge >= 0.3 is 0 Å². The monoisotopic (exact) mass is 307 g/mol. The van der Waals surface area contributed by atoms with Crippen molar-refractivity contribution in [3.8, 4) is 16.7 Å². The summed E-state index contributed by atoms with van der Waals surface area (Å²) in [6, 6.07) is 5.78. The maximum absolute atomic E-state index is 5.76. The lowest BCUT2D eigenvalue weighted by molar-refractivity contribution is 0.376. The zero-order chi connectivity index (χ0) is 15.5. The summed E-state index contributed by atoms with van der Waals surface area (Å²) < 4.78 is 11.1. The van der Waals surface area contributed by atoms with Crippen LogP contribution in [0.4, 0.5) is 0 Å². The number of aryl methyl sites for hydroxylation is 1. The van der Waals surface area contributed by atoms with Gasteiger partial charge in [0.25, 0.3) is 5.19 Å². The van der Waals surface area contributed by atoms with Gasteiger partial charge in [-0.15, -0.1) is 5.10 Å². The SMILES string of the molecule is COc1cc(C)ccc1Oc1nnc(CNC(C)(C)C)s1. The van der Waals surface area contributed by atoms with E-state index >= 15 is 0 Å². The van der Waals surface area contributed by atoms with E-state index in [2.05, 4.69) is 36.3 Å². The number of aromatic nitrogens is 2. The summed E-state index contributed by atoms with van der Waals surface area (Å²) >= 11 is 1.43. The van der Waals surface area contributed by atoms with Gasteiger partial charge in [0.1, 0.15) is 5.01 Å². The van der Waals surface area contributed by atoms with Crippen LogP contribution in [0.25, 0.3) is 0 Å². The molecule has 1 N–H and O–H groups in total. The first-order valence-corrected chi connectivity index (χ1v) is 7.59. The van der Waals surface area contributed by atoms with Gasteiger partial charge in [-0.1, -0.05) is 22.5 Å². The first-order chi connectivity index (χ1) is 9.87. The summed E-state index contributed by atoms with van der Waals surface area (Å²) in [5, 5.41) is 13.0. The summed E-state index contributed by atoms with van der Waals surface area (Å²) in [6.45, 7) is 9.02. The molecule has 0 saturated heterocycles. The molecule has 0 unspecified atom stereocenters. The van der Waals surface area contributed by atoms with Crippen LogP contribution in [0.2, 0.25) is 0 Å². The first-order valence-electron chi connectivity index (χ1n) is 6.77. The highest BCUT2D eigenvalue weighted by Gasteiger charge is 2.13. The van der Waals surface area contributed by atoms with Crippen molar-refractivity contribution < 1.29 is 9.47 Å². The van der Waals surface area contributed by atoms with Crippen LogP contribution in [-0.2, 0) is 6.54 Å². The van der Waals surface area contributed by atoms with Gasteiger partial charge in [-0.25, -0.2) is 0 Å².